The Balaban J connectivity index is 2.15. The summed E-state index contributed by atoms with van der Waals surface area (Å²) in [5, 5.41) is 6.96. The third-order valence-corrected chi connectivity index (χ3v) is 3.43. The normalized spacial score (nSPS) is 11.6. The van der Waals surface area contributed by atoms with Crippen LogP contribution in [0.25, 0.3) is 10.8 Å². The number of nitrogens with one attached hydrogen (secondary N) is 1. The van der Waals surface area contributed by atoms with E-state index in [0.29, 0.717) is 16.5 Å². The molecule has 0 bridgehead atoms. The Kier molecular flexibility index (Phi) is 5.48. The topological polar surface area (TPSA) is 117 Å². The Morgan fingerprint density at radius 3 is 2.52 bits per heavy atom. The Hall–Kier alpha value is -3.23. The molecule has 0 aliphatic carbocycles. The molecule has 0 saturated heterocycles. The third kappa shape index (κ3) is 4.19. The minimum absolute atomic E-state index is 0.232. The van der Waals surface area contributed by atoms with E-state index in [1.807, 2.05) is 5.32 Å². The van der Waals surface area contributed by atoms with Crippen molar-refractivity contribution in [3.63, 3.8) is 0 Å². The molecule has 1 heterocycles. The SMILES string of the molecule is COC(=O)NC(=O)[C@@H](C)OC(=O)Cc1nn(C)c(=O)c2ccccc12. The number of ether oxygens (including phenoxy) is 2. The highest BCUT2D eigenvalue weighted by atomic mass is 16.6. The van der Waals surface area contributed by atoms with Crippen LogP contribution < -0.4 is 10.9 Å². The fraction of sp³-hybridized carbons (Fsp3) is 0.312. The third-order valence-electron chi connectivity index (χ3n) is 3.43. The minimum Gasteiger partial charge on any atom is -0.453 e. The molecule has 9 nitrogen and oxygen atoms in total. The van der Waals surface area contributed by atoms with E-state index in [2.05, 4.69) is 9.84 Å². The van der Waals surface area contributed by atoms with Gasteiger partial charge in [-0.25, -0.2) is 9.48 Å². The fourth-order valence-electron chi connectivity index (χ4n) is 2.19. The number of rotatable bonds is 4. The summed E-state index contributed by atoms with van der Waals surface area (Å²) < 4.78 is 10.4. The minimum atomic E-state index is -1.19. The number of imide groups is 1. The maximum Gasteiger partial charge on any atom is 0.413 e. The lowest BCUT2D eigenvalue weighted by Crippen LogP contribution is -2.39. The number of carbonyl (C=O) groups is 3. The second kappa shape index (κ2) is 7.56. The molecule has 0 unspecified atom stereocenters. The van der Waals surface area contributed by atoms with Gasteiger partial charge < -0.3 is 9.47 Å². The molecule has 0 aliphatic heterocycles. The van der Waals surface area contributed by atoms with Gasteiger partial charge in [-0.15, -0.1) is 0 Å². The molecule has 1 N–H and O–H groups in total. The quantitative estimate of drug-likeness (QED) is 0.790. The van der Waals surface area contributed by atoms with Crippen LogP contribution in [0.1, 0.15) is 12.6 Å². The number of nitrogens with zero attached hydrogens (tertiary/aromatic N) is 2. The molecule has 0 aliphatic rings. The average Bonchev–Trinajstić information content (AvgIpc) is 2.59. The van der Waals surface area contributed by atoms with Crippen molar-refractivity contribution in [2.45, 2.75) is 19.4 Å². The zero-order chi connectivity index (χ0) is 18.6. The monoisotopic (exact) mass is 347 g/mol. The van der Waals surface area contributed by atoms with Crippen LogP contribution in [0.3, 0.4) is 0 Å². The number of esters is 1. The van der Waals surface area contributed by atoms with Crippen molar-refractivity contribution in [1.29, 1.82) is 0 Å². The van der Waals surface area contributed by atoms with Crippen molar-refractivity contribution in [2.24, 2.45) is 7.05 Å². The number of alkyl carbamates (subject to hydrolysis) is 1. The Bertz CT molecular complexity index is 889. The van der Waals surface area contributed by atoms with E-state index in [9.17, 15) is 19.2 Å². The number of aromatic nitrogens is 2. The summed E-state index contributed by atoms with van der Waals surface area (Å²) in [5.74, 6) is -1.53. The van der Waals surface area contributed by atoms with E-state index in [1.165, 1.54) is 14.0 Å². The molecule has 0 saturated carbocycles. The molecular weight excluding hydrogens is 330 g/mol. The molecule has 0 spiro atoms. The molecule has 2 amide bonds. The van der Waals surface area contributed by atoms with Gasteiger partial charge in [-0.1, -0.05) is 18.2 Å². The van der Waals surface area contributed by atoms with Gasteiger partial charge in [-0.2, -0.15) is 5.10 Å². The van der Waals surface area contributed by atoms with Gasteiger partial charge in [-0.05, 0) is 13.0 Å². The standard InChI is InChI=1S/C16H17N3O6/c1-9(14(21)17-16(23)24-3)25-13(20)8-12-10-6-4-5-7-11(10)15(22)19(2)18-12/h4-7,9H,8H2,1-3H3,(H,17,21,23)/t9-/m1/s1. The first-order valence-corrected chi connectivity index (χ1v) is 7.36. The lowest BCUT2D eigenvalue weighted by molar-refractivity contribution is -0.154. The predicted molar refractivity (Wildman–Crippen MR) is 86.8 cm³/mol. The first kappa shape index (κ1) is 18.1. The van der Waals surface area contributed by atoms with Crippen LogP contribution in [-0.4, -0.2) is 41.0 Å². The van der Waals surface area contributed by atoms with E-state index >= 15 is 0 Å². The summed E-state index contributed by atoms with van der Waals surface area (Å²) in [5.41, 5.74) is 0.0711. The Morgan fingerprint density at radius 1 is 1.24 bits per heavy atom. The summed E-state index contributed by atoms with van der Waals surface area (Å²) in [6.45, 7) is 1.32. The van der Waals surface area contributed by atoms with Gasteiger partial charge in [0.15, 0.2) is 6.10 Å². The van der Waals surface area contributed by atoms with Gasteiger partial charge in [0.1, 0.15) is 0 Å². The van der Waals surface area contributed by atoms with E-state index in [0.717, 1.165) is 11.8 Å². The maximum atomic E-state index is 12.1. The van der Waals surface area contributed by atoms with Gasteiger partial charge in [0.05, 0.1) is 24.6 Å². The Morgan fingerprint density at radius 2 is 1.88 bits per heavy atom. The number of hydrogen-bond donors (Lipinski definition) is 1. The van der Waals surface area contributed by atoms with Crippen LogP contribution in [0.5, 0.6) is 0 Å². The first-order chi connectivity index (χ1) is 11.8. The zero-order valence-corrected chi connectivity index (χ0v) is 13.9. The molecule has 132 valence electrons. The molecule has 0 radical (unpaired) electrons. The van der Waals surface area contributed by atoms with Gasteiger partial charge in [0.25, 0.3) is 11.5 Å². The number of methoxy groups -OCH3 is 1. The second-order valence-corrected chi connectivity index (χ2v) is 5.21. The van der Waals surface area contributed by atoms with Crippen LogP contribution in [-0.2, 0) is 32.5 Å². The van der Waals surface area contributed by atoms with Gasteiger partial charge in [0, 0.05) is 12.4 Å². The predicted octanol–water partition coefficient (Wildman–Crippen LogP) is 0.290. The molecule has 2 aromatic rings. The lowest BCUT2D eigenvalue weighted by atomic mass is 10.1. The highest BCUT2D eigenvalue weighted by molar-refractivity contribution is 5.95. The summed E-state index contributed by atoms with van der Waals surface area (Å²) >= 11 is 0. The molecule has 2 rings (SSSR count). The summed E-state index contributed by atoms with van der Waals surface area (Å²) in [4.78, 5) is 46.8. The highest BCUT2D eigenvalue weighted by Crippen LogP contribution is 2.14. The van der Waals surface area contributed by atoms with Crippen molar-refractivity contribution in [3.8, 4) is 0 Å². The number of fused-ring (bicyclic) bond motifs is 1. The fourth-order valence-corrected chi connectivity index (χ4v) is 2.19. The maximum absolute atomic E-state index is 12.1. The Labute approximate surface area is 142 Å². The lowest BCUT2D eigenvalue weighted by Gasteiger charge is -2.13. The van der Waals surface area contributed by atoms with Crippen LogP contribution in [0.15, 0.2) is 29.1 Å². The molecule has 0 fully saturated rings. The number of benzene rings is 1. The van der Waals surface area contributed by atoms with E-state index in [-0.39, 0.29) is 12.0 Å². The molecule has 9 heteroatoms. The zero-order valence-electron chi connectivity index (χ0n) is 13.9. The van der Waals surface area contributed by atoms with Gasteiger partial charge in [-0.3, -0.25) is 19.7 Å². The average molecular weight is 347 g/mol. The largest absolute Gasteiger partial charge is 0.453 e. The van der Waals surface area contributed by atoms with Crippen molar-refractivity contribution < 1.29 is 23.9 Å². The summed E-state index contributed by atoms with van der Waals surface area (Å²) in [7, 11) is 2.59. The van der Waals surface area contributed by atoms with Crippen LogP contribution in [0.2, 0.25) is 0 Å². The molecular formula is C16H17N3O6. The van der Waals surface area contributed by atoms with Crippen molar-refractivity contribution >= 4 is 28.7 Å². The number of hydrogen-bond acceptors (Lipinski definition) is 7. The number of carbonyl (C=O) groups excluding carboxylic acids is 3. The smallest absolute Gasteiger partial charge is 0.413 e. The highest BCUT2D eigenvalue weighted by Gasteiger charge is 2.21. The number of aryl methyl sites for hydroxylation is 1. The summed E-state index contributed by atoms with van der Waals surface area (Å²) in [6.07, 6.45) is -2.37. The molecule has 1 aromatic heterocycles. The van der Waals surface area contributed by atoms with Crippen molar-refractivity contribution in [1.82, 2.24) is 15.1 Å². The number of amides is 2. The second-order valence-electron chi connectivity index (χ2n) is 5.21. The van der Waals surface area contributed by atoms with Crippen molar-refractivity contribution in [3.05, 3.63) is 40.3 Å². The van der Waals surface area contributed by atoms with Crippen LogP contribution >= 0.6 is 0 Å². The van der Waals surface area contributed by atoms with Gasteiger partial charge >= 0.3 is 12.1 Å². The molecule has 25 heavy (non-hydrogen) atoms. The van der Waals surface area contributed by atoms with E-state index < -0.39 is 24.1 Å². The summed E-state index contributed by atoms with van der Waals surface area (Å²) in [6, 6.07) is 6.76. The van der Waals surface area contributed by atoms with Crippen LogP contribution in [0, 0.1) is 0 Å². The van der Waals surface area contributed by atoms with E-state index in [4.69, 9.17) is 4.74 Å². The van der Waals surface area contributed by atoms with Crippen LogP contribution in [0.4, 0.5) is 4.79 Å². The van der Waals surface area contributed by atoms with Crippen molar-refractivity contribution in [2.75, 3.05) is 7.11 Å². The molecule has 1 atom stereocenters. The van der Waals surface area contributed by atoms with Gasteiger partial charge in [0.2, 0.25) is 0 Å². The first-order valence-electron chi connectivity index (χ1n) is 7.36. The van der Waals surface area contributed by atoms with E-state index in [1.54, 1.807) is 24.3 Å². The molecule has 1 aromatic carbocycles.